The van der Waals surface area contributed by atoms with Gasteiger partial charge >= 0.3 is 5.97 Å². The Balaban J connectivity index is 1.78. The van der Waals surface area contributed by atoms with E-state index in [0.29, 0.717) is 0 Å². The van der Waals surface area contributed by atoms with Crippen molar-refractivity contribution >= 4 is 5.97 Å². The van der Waals surface area contributed by atoms with Crippen molar-refractivity contribution in [3.05, 3.63) is 96.7 Å². The highest BCUT2D eigenvalue weighted by Crippen LogP contribution is 2.26. The first-order valence-electron chi connectivity index (χ1n) is 8.26. The molecule has 0 saturated carbocycles. The summed E-state index contributed by atoms with van der Waals surface area (Å²) in [5, 5.41) is 13.7. The molecule has 0 aliphatic rings. The molecule has 26 heavy (non-hydrogen) atoms. The molecule has 4 rings (SSSR count). The molecule has 126 valence electrons. The first-order valence-corrected chi connectivity index (χ1v) is 8.26. The minimum absolute atomic E-state index is 0.275. The molecule has 1 heterocycles. The number of hydrogen-bond acceptors (Lipinski definition) is 2. The fourth-order valence-corrected chi connectivity index (χ4v) is 2.99. The lowest BCUT2D eigenvalue weighted by Gasteiger charge is -2.10. The molecule has 0 radical (unpaired) electrons. The molecule has 4 aromatic rings. The average molecular weight is 340 g/mol. The maximum absolute atomic E-state index is 11.2. The fourth-order valence-electron chi connectivity index (χ4n) is 2.99. The zero-order valence-corrected chi connectivity index (χ0v) is 13.9. The first kappa shape index (κ1) is 15.8. The molecular formula is C22H16N2O2. The van der Waals surface area contributed by atoms with Gasteiger partial charge in [0.1, 0.15) is 0 Å². The molecule has 0 amide bonds. The van der Waals surface area contributed by atoms with Crippen LogP contribution in [0.25, 0.3) is 28.1 Å². The van der Waals surface area contributed by atoms with E-state index < -0.39 is 5.97 Å². The molecule has 0 bridgehead atoms. The van der Waals surface area contributed by atoms with Gasteiger partial charge < -0.3 is 5.11 Å². The molecular weight excluding hydrogens is 324 g/mol. The van der Waals surface area contributed by atoms with E-state index in [4.69, 9.17) is 0 Å². The minimum Gasteiger partial charge on any atom is -0.478 e. The van der Waals surface area contributed by atoms with Crippen LogP contribution in [0.3, 0.4) is 0 Å². The number of aromatic carboxylic acids is 1. The summed E-state index contributed by atoms with van der Waals surface area (Å²) in [5.74, 6) is -0.929. The van der Waals surface area contributed by atoms with E-state index in [1.165, 1.54) is 0 Å². The molecule has 0 fully saturated rings. The number of carbonyl (C=O) groups is 1. The lowest BCUT2D eigenvalue weighted by molar-refractivity contribution is 0.0697. The van der Waals surface area contributed by atoms with Crippen LogP contribution in [0.4, 0.5) is 0 Å². The fraction of sp³-hybridized carbons (Fsp3) is 0. The summed E-state index contributed by atoms with van der Waals surface area (Å²) >= 11 is 0. The van der Waals surface area contributed by atoms with E-state index in [1.807, 2.05) is 71.4 Å². The normalized spacial score (nSPS) is 10.6. The van der Waals surface area contributed by atoms with E-state index in [-0.39, 0.29) is 5.56 Å². The maximum atomic E-state index is 11.2. The largest absolute Gasteiger partial charge is 0.478 e. The Bertz CT molecular complexity index is 1070. The van der Waals surface area contributed by atoms with Crippen LogP contribution in [0.2, 0.25) is 0 Å². The Kier molecular flexibility index (Phi) is 4.07. The molecule has 0 saturated heterocycles. The van der Waals surface area contributed by atoms with E-state index in [1.54, 1.807) is 24.4 Å². The van der Waals surface area contributed by atoms with Crippen molar-refractivity contribution < 1.29 is 9.90 Å². The highest BCUT2D eigenvalue weighted by molar-refractivity contribution is 5.89. The van der Waals surface area contributed by atoms with Gasteiger partial charge in [0, 0.05) is 5.56 Å². The molecule has 0 aliphatic carbocycles. The molecule has 0 unspecified atom stereocenters. The van der Waals surface area contributed by atoms with Gasteiger partial charge in [0.05, 0.1) is 23.1 Å². The van der Waals surface area contributed by atoms with Gasteiger partial charge in [-0.25, -0.2) is 9.48 Å². The molecule has 4 heteroatoms. The van der Waals surface area contributed by atoms with Crippen LogP contribution in [0.1, 0.15) is 10.4 Å². The third-order valence-electron chi connectivity index (χ3n) is 4.25. The lowest BCUT2D eigenvalue weighted by Crippen LogP contribution is -1.99. The molecule has 1 N–H and O–H groups in total. The quantitative estimate of drug-likeness (QED) is 0.574. The van der Waals surface area contributed by atoms with Crippen LogP contribution in [0, 0.1) is 0 Å². The van der Waals surface area contributed by atoms with Crippen molar-refractivity contribution in [1.29, 1.82) is 0 Å². The van der Waals surface area contributed by atoms with Gasteiger partial charge in [-0.1, -0.05) is 54.6 Å². The first-order chi connectivity index (χ1) is 12.7. The van der Waals surface area contributed by atoms with Gasteiger partial charge in [-0.15, -0.1) is 0 Å². The van der Waals surface area contributed by atoms with Gasteiger partial charge in [0.2, 0.25) is 0 Å². The van der Waals surface area contributed by atoms with Gasteiger partial charge in [-0.05, 0) is 41.5 Å². The number of rotatable bonds is 4. The van der Waals surface area contributed by atoms with Gasteiger partial charge in [0.25, 0.3) is 0 Å². The summed E-state index contributed by atoms with van der Waals surface area (Å²) in [6, 6.07) is 26.9. The Morgan fingerprint density at radius 3 is 2.23 bits per heavy atom. The van der Waals surface area contributed by atoms with Crippen LogP contribution in [0.5, 0.6) is 0 Å². The number of nitrogens with zero attached hydrogens (tertiary/aromatic N) is 2. The van der Waals surface area contributed by atoms with Crippen LogP contribution >= 0.6 is 0 Å². The highest BCUT2D eigenvalue weighted by atomic mass is 16.4. The monoisotopic (exact) mass is 340 g/mol. The number of carboxylic acid groups (broad SMARTS) is 1. The Morgan fingerprint density at radius 2 is 1.46 bits per heavy atom. The van der Waals surface area contributed by atoms with E-state index in [9.17, 15) is 9.90 Å². The average Bonchev–Trinajstić information content (AvgIpc) is 3.19. The third-order valence-corrected chi connectivity index (χ3v) is 4.25. The van der Waals surface area contributed by atoms with Crippen LogP contribution in [-0.2, 0) is 0 Å². The minimum atomic E-state index is -0.929. The van der Waals surface area contributed by atoms with Crippen LogP contribution < -0.4 is 0 Å². The van der Waals surface area contributed by atoms with Crippen molar-refractivity contribution in [2.24, 2.45) is 0 Å². The van der Waals surface area contributed by atoms with Gasteiger partial charge in [-0.3, -0.25) is 0 Å². The summed E-state index contributed by atoms with van der Waals surface area (Å²) in [6.07, 6.45) is 1.78. The van der Waals surface area contributed by atoms with Crippen LogP contribution in [0.15, 0.2) is 91.1 Å². The SMILES string of the molecule is O=C(O)c1cccc(-c2cccc(-n3nccc3-c3ccccc3)c2)c1. The standard InChI is InChI=1S/C22H16N2O2/c25-22(26)19-10-4-8-17(14-19)18-9-5-11-20(15-18)24-21(12-13-23-24)16-6-2-1-3-7-16/h1-15H,(H,25,26). The lowest BCUT2D eigenvalue weighted by atomic mass is 10.0. The molecule has 3 aromatic carbocycles. The van der Waals surface area contributed by atoms with E-state index in [2.05, 4.69) is 5.10 Å². The van der Waals surface area contributed by atoms with Crippen LogP contribution in [-0.4, -0.2) is 20.9 Å². The van der Waals surface area contributed by atoms with Gasteiger partial charge in [0.15, 0.2) is 0 Å². The number of hydrogen-bond donors (Lipinski definition) is 1. The zero-order valence-electron chi connectivity index (χ0n) is 13.9. The topological polar surface area (TPSA) is 55.1 Å². The maximum Gasteiger partial charge on any atom is 0.335 e. The summed E-state index contributed by atoms with van der Waals surface area (Å²) in [6.45, 7) is 0. The third kappa shape index (κ3) is 3.00. The summed E-state index contributed by atoms with van der Waals surface area (Å²) < 4.78 is 1.89. The molecule has 0 spiro atoms. The number of benzene rings is 3. The van der Waals surface area contributed by atoms with Gasteiger partial charge in [-0.2, -0.15) is 5.10 Å². The predicted molar refractivity (Wildman–Crippen MR) is 101 cm³/mol. The number of carboxylic acids is 1. The van der Waals surface area contributed by atoms with Crippen molar-refractivity contribution in [3.63, 3.8) is 0 Å². The second-order valence-electron chi connectivity index (χ2n) is 5.93. The second-order valence-corrected chi connectivity index (χ2v) is 5.93. The van der Waals surface area contributed by atoms with E-state index >= 15 is 0 Å². The second kappa shape index (κ2) is 6.69. The molecule has 4 nitrogen and oxygen atoms in total. The molecule has 1 aromatic heterocycles. The number of aromatic nitrogens is 2. The zero-order chi connectivity index (χ0) is 17.9. The van der Waals surface area contributed by atoms with Crippen molar-refractivity contribution in [2.75, 3.05) is 0 Å². The summed E-state index contributed by atoms with van der Waals surface area (Å²) in [5.41, 5.74) is 5.09. The van der Waals surface area contributed by atoms with Crippen molar-refractivity contribution in [3.8, 4) is 28.1 Å². The van der Waals surface area contributed by atoms with Crippen molar-refractivity contribution in [1.82, 2.24) is 9.78 Å². The molecule has 0 atom stereocenters. The smallest absolute Gasteiger partial charge is 0.335 e. The summed E-state index contributed by atoms with van der Waals surface area (Å²) in [4.78, 5) is 11.2. The van der Waals surface area contributed by atoms with E-state index in [0.717, 1.165) is 28.1 Å². The van der Waals surface area contributed by atoms with Crippen molar-refractivity contribution in [2.45, 2.75) is 0 Å². The predicted octanol–water partition coefficient (Wildman–Crippen LogP) is 4.90. The Morgan fingerprint density at radius 1 is 0.769 bits per heavy atom. The Labute approximate surface area is 151 Å². The molecule has 0 aliphatic heterocycles. The summed E-state index contributed by atoms with van der Waals surface area (Å²) in [7, 11) is 0. The highest BCUT2D eigenvalue weighted by Gasteiger charge is 2.09. The Hall–Kier alpha value is -3.66.